The normalized spacial score (nSPS) is 32.7. The number of hydrogen-bond donors (Lipinski definition) is 0. The first kappa shape index (κ1) is 10.3. The van der Waals surface area contributed by atoms with Crippen molar-refractivity contribution in [3.8, 4) is 0 Å². The first-order valence-electron chi connectivity index (χ1n) is 4.45. The van der Waals surface area contributed by atoms with Crippen LogP contribution in [0.1, 0.15) is 13.3 Å². The molecule has 0 aromatic rings. The van der Waals surface area contributed by atoms with Gasteiger partial charge in [-0.05, 0) is 39.8 Å². The average Bonchev–Trinajstić information content (AvgIpc) is 2.06. The van der Waals surface area contributed by atoms with Gasteiger partial charge in [-0.25, -0.2) is 0 Å². The maximum atomic E-state index is 5.91. The van der Waals surface area contributed by atoms with Crippen molar-refractivity contribution >= 4 is 13.4 Å². The SMILES string of the molecule is C=P(C)(C)OC1CC(C)CN1C. The van der Waals surface area contributed by atoms with Crippen LogP contribution in [-0.4, -0.2) is 44.3 Å². The molecule has 72 valence electrons. The Morgan fingerprint density at radius 1 is 1.50 bits per heavy atom. The Labute approximate surface area is 76.0 Å². The minimum atomic E-state index is -1.32. The Kier molecular flexibility index (Phi) is 3.03. The van der Waals surface area contributed by atoms with Gasteiger partial charge < -0.3 is 4.52 Å². The molecule has 0 aliphatic carbocycles. The third-order valence-electron chi connectivity index (χ3n) is 2.10. The third-order valence-corrected chi connectivity index (χ3v) is 2.92. The molecular formula is C9H20NOP. The molecule has 1 heterocycles. The lowest BCUT2D eigenvalue weighted by Gasteiger charge is -2.25. The average molecular weight is 189 g/mol. The van der Waals surface area contributed by atoms with Gasteiger partial charge in [-0.15, -0.1) is 0 Å². The molecule has 0 radical (unpaired) electrons. The van der Waals surface area contributed by atoms with Crippen molar-refractivity contribution in [3.05, 3.63) is 0 Å². The van der Waals surface area contributed by atoms with E-state index >= 15 is 0 Å². The lowest BCUT2D eigenvalue weighted by atomic mass is 10.1. The van der Waals surface area contributed by atoms with Gasteiger partial charge in [0, 0.05) is 6.54 Å². The van der Waals surface area contributed by atoms with Crippen molar-refractivity contribution in [2.24, 2.45) is 5.92 Å². The highest BCUT2D eigenvalue weighted by Crippen LogP contribution is 2.41. The van der Waals surface area contributed by atoms with Gasteiger partial charge in [0.1, 0.15) is 6.23 Å². The summed E-state index contributed by atoms with van der Waals surface area (Å²) in [6, 6.07) is 0. The molecular weight excluding hydrogens is 169 g/mol. The maximum Gasteiger partial charge on any atom is 0.114 e. The Morgan fingerprint density at radius 2 is 2.08 bits per heavy atom. The molecule has 0 amide bonds. The first-order chi connectivity index (χ1) is 5.38. The van der Waals surface area contributed by atoms with E-state index in [9.17, 15) is 0 Å². The fourth-order valence-electron chi connectivity index (χ4n) is 1.66. The van der Waals surface area contributed by atoms with Crippen molar-refractivity contribution in [2.45, 2.75) is 19.6 Å². The molecule has 2 unspecified atom stereocenters. The molecule has 1 saturated heterocycles. The van der Waals surface area contributed by atoms with E-state index in [2.05, 4.69) is 38.5 Å². The van der Waals surface area contributed by atoms with Crippen LogP contribution < -0.4 is 0 Å². The maximum absolute atomic E-state index is 5.91. The monoisotopic (exact) mass is 189 g/mol. The molecule has 0 bridgehead atoms. The molecule has 0 aromatic carbocycles. The molecule has 2 nitrogen and oxygen atoms in total. The molecule has 12 heavy (non-hydrogen) atoms. The van der Waals surface area contributed by atoms with Gasteiger partial charge in [0.25, 0.3) is 0 Å². The predicted octanol–water partition coefficient (Wildman–Crippen LogP) is 1.92. The zero-order chi connectivity index (χ0) is 9.35. The molecule has 0 N–H and O–H groups in total. The van der Waals surface area contributed by atoms with Gasteiger partial charge in [0.2, 0.25) is 0 Å². The van der Waals surface area contributed by atoms with Gasteiger partial charge in [0.15, 0.2) is 0 Å². The minimum absolute atomic E-state index is 0.320. The largest absolute Gasteiger partial charge is 0.344 e. The topological polar surface area (TPSA) is 12.5 Å². The Bertz CT molecular complexity index is 199. The van der Waals surface area contributed by atoms with Crippen LogP contribution in [0.3, 0.4) is 0 Å². The van der Waals surface area contributed by atoms with Gasteiger partial charge in [-0.1, -0.05) is 13.2 Å². The fourth-order valence-corrected chi connectivity index (χ4v) is 2.57. The van der Waals surface area contributed by atoms with E-state index < -0.39 is 7.11 Å². The zero-order valence-corrected chi connectivity index (χ0v) is 9.47. The van der Waals surface area contributed by atoms with E-state index in [4.69, 9.17) is 4.52 Å². The summed E-state index contributed by atoms with van der Waals surface area (Å²) in [5, 5.41) is 0. The summed E-state index contributed by atoms with van der Waals surface area (Å²) in [7, 11) is 0.808. The lowest BCUT2D eigenvalue weighted by molar-refractivity contribution is 0.0948. The highest BCUT2D eigenvalue weighted by Gasteiger charge is 2.28. The van der Waals surface area contributed by atoms with Gasteiger partial charge in [0.05, 0.1) is 0 Å². The Balaban J connectivity index is 2.49. The Morgan fingerprint density at radius 3 is 2.42 bits per heavy atom. The summed E-state index contributed by atoms with van der Waals surface area (Å²) in [5.41, 5.74) is 0. The summed E-state index contributed by atoms with van der Waals surface area (Å²) < 4.78 is 5.91. The van der Waals surface area contributed by atoms with Crippen LogP contribution in [0.4, 0.5) is 0 Å². The molecule has 1 aliphatic heterocycles. The number of nitrogens with zero attached hydrogens (tertiary/aromatic N) is 1. The highest BCUT2D eigenvalue weighted by atomic mass is 31.2. The zero-order valence-electron chi connectivity index (χ0n) is 8.58. The van der Waals surface area contributed by atoms with Crippen molar-refractivity contribution in [3.63, 3.8) is 0 Å². The van der Waals surface area contributed by atoms with E-state index in [0.29, 0.717) is 6.23 Å². The second kappa shape index (κ2) is 3.53. The minimum Gasteiger partial charge on any atom is -0.344 e. The summed E-state index contributed by atoms with van der Waals surface area (Å²) in [6.07, 6.45) is 5.54. The van der Waals surface area contributed by atoms with Crippen LogP contribution in [0, 0.1) is 5.92 Å². The van der Waals surface area contributed by atoms with Crippen molar-refractivity contribution in [1.29, 1.82) is 0 Å². The molecule has 0 saturated carbocycles. The predicted molar refractivity (Wildman–Crippen MR) is 57.2 cm³/mol. The van der Waals surface area contributed by atoms with E-state index in [0.717, 1.165) is 18.9 Å². The van der Waals surface area contributed by atoms with Gasteiger partial charge in [-0.3, -0.25) is 4.90 Å². The van der Waals surface area contributed by atoms with E-state index in [1.807, 2.05) is 0 Å². The van der Waals surface area contributed by atoms with E-state index in [-0.39, 0.29) is 0 Å². The Hall–Kier alpha value is 0.220. The summed E-state index contributed by atoms with van der Waals surface area (Å²) in [6.45, 7) is 7.66. The van der Waals surface area contributed by atoms with Crippen molar-refractivity contribution in [2.75, 3.05) is 26.9 Å². The summed E-state index contributed by atoms with van der Waals surface area (Å²) in [5.74, 6) is 0.770. The van der Waals surface area contributed by atoms with Crippen LogP contribution in [0.25, 0.3) is 0 Å². The van der Waals surface area contributed by atoms with Crippen molar-refractivity contribution in [1.82, 2.24) is 4.90 Å². The van der Waals surface area contributed by atoms with Crippen LogP contribution in [0.15, 0.2) is 0 Å². The van der Waals surface area contributed by atoms with Crippen LogP contribution >= 0.6 is 7.11 Å². The molecule has 1 rings (SSSR count). The second-order valence-electron chi connectivity index (χ2n) is 4.41. The van der Waals surface area contributed by atoms with Crippen LogP contribution in [-0.2, 0) is 4.52 Å². The van der Waals surface area contributed by atoms with Crippen molar-refractivity contribution < 1.29 is 4.52 Å². The number of rotatable bonds is 2. The standard InChI is InChI=1S/C9H20NOP/c1-8-6-9(10(2)7-8)11-12(3,4)5/h8-9H,3,6-7H2,1-2,4-5H3. The first-order valence-corrected chi connectivity index (χ1v) is 7.24. The highest BCUT2D eigenvalue weighted by molar-refractivity contribution is 7.67. The molecule has 1 fully saturated rings. The second-order valence-corrected chi connectivity index (χ2v) is 7.77. The lowest BCUT2D eigenvalue weighted by Crippen LogP contribution is -2.26. The summed E-state index contributed by atoms with van der Waals surface area (Å²) in [4.78, 5) is 2.29. The van der Waals surface area contributed by atoms with E-state index in [1.54, 1.807) is 0 Å². The number of likely N-dealkylation sites (tertiary alicyclic amines) is 1. The quantitative estimate of drug-likeness (QED) is 0.615. The molecule has 0 spiro atoms. The molecule has 1 aliphatic rings. The summed E-state index contributed by atoms with van der Waals surface area (Å²) >= 11 is 0. The fraction of sp³-hybridized carbons (Fsp3) is 0.889. The molecule has 0 aromatic heterocycles. The molecule has 3 heteroatoms. The van der Waals surface area contributed by atoms with Crippen LogP contribution in [0.5, 0.6) is 0 Å². The smallest absolute Gasteiger partial charge is 0.114 e. The van der Waals surface area contributed by atoms with E-state index in [1.165, 1.54) is 0 Å². The van der Waals surface area contributed by atoms with Gasteiger partial charge >= 0.3 is 0 Å². The van der Waals surface area contributed by atoms with Gasteiger partial charge in [-0.2, -0.15) is 0 Å². The third kappa shape index (κ3) is 2.93. The number of hydrogen-bond acceptors (Lipinski definition) is 2. The van der Waals surface area contributed by atoms with Crippen LogP contribution in [0.2, 0.25) is 0 Å². The molecule has 2 atom stereocenters.